The van der Waals surface area contributed by atoms with E-state index in [4.69, 9.17) is 15.3 Å². The maximum atomic E-state index is 11.3. The van der Waals surface area contributed by atoms with Gasteiger partial charge < -0.3 is 20.9 Å². The molecule has 12 nitrogen and oxygen atoms in total. The molecule has 0 bridgehead atoms. The number of nitrogens with two attached hydrogens (primary N) is 1. The van der Waals surface area contributed by atoms with Crippen LogP contribution in [0, 0.1) is 6.92 Å². The predicted molar refractivity (Wildman–Crippen MR) is 135 cm³/mol. The average molecular weight is 521 g/mol. The van der Waals surface area contributed by atoms with Gasteiger partial charge in [0, 0.05) is 54.5 Å². The highest BCUT2D eigenvalue weighted by molar-refractivity contribution is 7.99. The van der Waals surface area contributed by atoms with Crippen LogP contribution >= 0.6 is 11.8 Å². The lowest BCUT2D eigenvalue weighted by atomic mass is 10.2. The highest BCUT2D eigenvalue weighted by Gasteiger charge is 2.18. The maximum Gasteiger partial charge on any atom is 0.261 e. The van der Waals surface area contributed by atoms with Crippen molar-refractivity contribution in [3.63, 3.8) is 0 Å². The molecule has 1 fully saturated rings. The predicted octanol–water partition coefficient (Wildman–Crippen LogP) is 1.76. The van der Waals surface area contributed by atoms with Crippen LogP contribution in [-0.2, 0) is 10.1 Å². The first-order valence-corrected chi connectivity index (χ1v) is 13.2. The summed E-state index contributed by atoms with van der Waals surface area (Å²) in [4.78, 5) is 26.2. The van der Waals surface area contributed by atoms with Gasteiger partial charge in [0.25, 0.3) is 10.1 Å². The molecule has 5 N–H and O–H groups in total. The number of carbonyl (C=O) groups is 1. The number of likely N-dealkylation sites (N-methyl/N-ethyl adjacent to an activating group) is 1. The molecule has 1 aliphatic heterocycles. The van der Waals surface area contributed by atoms with Crippen LogP contribution in [0.2, 0.25) is 0 Å². The van der Waals surface area contributed by atoms with E-state index in [1.54, 1.807) is 12.1 Å². The summed E-state index contributed by atoms with van der Waals surface area (Å²) in [6, 6.07) is 11.0. The molecule has 1 amide bonds. The molecule has 0 saturated carbocycles. The molecule has 0 unspecified atom stereocenters. The summed E-state index contributed by atoms with van der Waals surface area (Å²) in [6.07, 6.45) is 0.715. The van der Waals surface area contributed by atoms with E-state index in [2.05, 4.69) is 37.3 Å². The number of carbonyl (C=O) groups excluding carboxylic acids is 1. The molecule has 1 aliphatic rings. The Morgan fingerprint density at radius 2 is 1.74 bits per heavy atom. The minimum absolute atomic E-state index is 0.444. The Bertz CT molecular complexity index is 1250. The van der Waals surface area contributed by atoms with Gasteiger partial charge in [0.1, 0.15) is 11.6 Å². The third-order valence-electron chi connectivity index (χ3n) is 4.83. The summed E-state index contributed by atoms with van der Waals surface area (Å²) in [5.74, 6) is 1.82. The summed E-state index contributed by atoms with van der Waals surface area (Å²) in [5.41, 5.74) is 6.77. The van der Waals surface area contributed by atoms with Gasteiger partial charge in [-0.15, -0.1) is 0 Å². The van der Waals surface area contributed by atoms with Crippen molar-refractivity contribution in [1.82, 2.24) is 25.1 Å². The first-order chi connectivity index (χ1) is 16.5. The number of aromatic amines is 1. The van der Waals surface area contributed by atoms with E-state index >= 15 is 0 Å². The van der Waals surface area contributed by atoms with Crippen LogP contribution in [-0.4, -0.2) is 83.4 Å². The topological polar surface area (TPSA) is 170 Å². The van der Waals surface area contributed by atoms with E-state index in [0.717, 1.165) is 42.6 Å². The first kappa shape index (κ1) is 26.4. The van der Waals surface area contributed by atoms with Gasteiger partial charge in [0.2, 0.25) is 5.91 Å². The number of aromatic nitrogens is 4. The smallest absolute Gasteiger partial charge is 0.261 e. The summed E-state index contributed by atoms with van der Waals surface area (Å²) < 4.78 is 25.9. The van der Waals surface area contributed by atoms with Crippen molar-refractivity contribution < 1.29 is 17.8 Å². The number of aryl methyl sites for hydroxylation is 1. The lowest BCUT2D eigenvalue weighted by Gasteiger charge is -2.33. The van der Waals surface area contributed by atoms with Crippen LogP contribution < -0.4 is 16.0 Å². The van der Waals surface area contributed by atoms with Crippen molar-refractivity contribution >= 4 is 45.2 Å². The van der Waals surface area contributed by atoms with Gasteiger partial charge in [-0.3, -0.25) is 14.4 Å². The van der Waals surface area contributed by atoms with Gasteiger partial charge >= 0.3 is 0 Å². The van der Waals surface area contributed by atoms with Crippen LogP contribution in [0.3, 0.4) is 0 Å². The first-order valence-electron chi connectivity index (χ1n) is 10.6. The van der Waals surface area contributed by atoms with Gasteiger partial charge in [-0.2, -0.15) is 13.5 Å². The number of amides is 1. The van der Waals surface area contributed by atoms with E-state index < -0.39 is 16.0 Å². The molecule has 1 aromatic carbocycles. The second kappa shape index (κ2) is 11.5. The normalized spacial score (nSPS) is 14.2. The molecule has 4 rings (SSSR count). The third-order valence-corrected chi connectivity index (χ3v) is 5.70. The van der Waals surface area contributed by atoms with Gasteiger partial charge in [0.05, 0.1) is 6.26 Å². The fraction of sp³-hybridized carbons (Fsp3) is 0.333. The van der Waals surface area contributed by atoms with Crippen molar-refractivity contribution in [1.29, 1.82) is 0 Å². The molecule has 188 valence electrons. The lowest BCUT2D eigenvalue weighted by molar-refractivity contribution is 0.1000. The highest BCUT2D eigenvalue weighted by Crippen LogP contribution is 2.29. The Morgan fingerprint density at radius 3 is 2.29 bits per heavy atom. The highest BCUT2D eigenvalue weighted by atomic mass is 32.2. The fourth-order valence-electron chi connectivity index (χ4n) is 3.13. The van der Waals surface area contributed by atoms with E-state index in [1.807, 2.05) is 31.2 Å². The third kappa shape index (κ3) is 8.83. The number of anilines is 3. The maximum absolute atomic E-state index is 11.3. The van der Waals surface area contributed by atoms with Gasteiger partial charge in [-0.25, -0.2) is 9.97 Å². The Balaban J connectivity index is 0.000000623. The zero-order valence-electron chi connectivity index (χ0n) is 19.6. The number of H-pyrrole nitrogens is 1. The van der Waals surface area contributed by atoms with Crippen LogP contribution in [0.15, 0.2) is 46.5 Å². The number of hydrogen-bond donors (Lipinski definition) is 4. The number of nitrogens with zero attached hydrogens (tertiary/aromatic N) is 5. The van der Waals surface area contributed by atoms with E-state index in [-0.39, 0.29) is 0 Å². The quantitative estimate of drug-likeness (QED) is 0.276. The average Bonchev–Trinajstić information content (AvgIpc) is 3.17. The van der Waals surface area contributed by atoms with Gasteiger partial charge in [0.15, 0.2) is 11.0 Å². The lowest BCUT2D eigenvalue weighted by Crippen LogP contribution is -2.44. The number of hydrogen-bond acceptors (Lipinski definition) is 10. The number of primary amides is 1. The molecule has 0 spiro atoms. The molecule has 3 aromatic rings. The standard InChI is InChI=1S/C20H24N8OS.CH4O3S/c1-13-11-17(26-25-13)22-16-12-18(28-9-7-27(2)8-10-28)24-20(23-16)30-15-5-3-14(4-6-15)19(21)29;1-5(2,3)4/h3-6,11-12H,7-10H2,1-2H3,(H2,21,29)(H2,22,23,24,25,26);1H3,(H,2,3,4). The summed E-state index contributed by atoms with van der Waals surface area (Å²) >= 11 is 1.44. The van der Waals surface area contributed by atoms with E-state index in [9.17, 15) is 13.2 Å². The van der Waals surface area contributed by atoms with Crippen molar-refractivity contribution in [3.8, 4) is 0 Å². The summed E-state index contributed by atoms with van der Waals surface area (Å²) in [5, 5.41) is 11.0. The summed E-state index contributed by atoms with van der Waals surface area (Å²) in [7, 11) is -1.54. The molecule has 0 radical (unpaired) electrons. The number of benzene rings is 1. The zero-order valence-corrected chi connectivity index (χ0v) is 21.2. The van der Waals surface area contributed by atoms with E-state index in [0.29, 0.717) is 28.6 Å². The largest absolute Gasteiger partial charge is 0.366 e. The number of rotatable bonds is 6. The van der Waals surface area contributed by atoms with Crippen LogP contribution in [0.4, 0.5) is 17.5 Å². The van der Waals surface area contributed by atoms with Crippen LogP contribution in [0.5, 0.6) is 0 Å². The summed E-state index contributed by atoms with van der Waals surface area (Å²) in [6.45, 7) is 5.74. The molecular weight excluding hydrogens is 492 g/mol. The molecule has 3 heterocycles. The van der Waals surface area contributed by atoms with Crippen LogP contribution in [0.1, 0.15) is 16.1 Å². The Morgan fingerprint density at radius 1 is 1.11 bits per heavy atom. The monoisotopic (exact) mass is 520 g/mol. The van der Waals surface area contributed by atoms with Gasteiger partial charge in [-0.1, -0.05) is 0 Å². The van der Waals surface area contributed by atoms with Crippen molar-refractivity contribution in [2.75, 3.05) is 49.7 Å². The molecule has 0 atom stereocenters. The molecule has 35 heavy (non-hydrogen) atoms. The van der Waals surface area contributed by atoms with Crippen molar-refractivity contribution in [2.45, 2.75) is 17.0 Å². The second-order valence-electron chi connectivity index (χ2n) is 7.97. The minimum atomic E-state index is -3.67. The number of nitrogens with one attached hydrogen (secondary N) is 2. The minimum Gasteiger partial charge on any atom is -0.366 e. The molecule has 0 aliphatic carbocycles. The SMILES string of the molecule is CS(=O)(=O)O.Cc1cc(Nc2cc(N3CCN(C)CC3)nc(Sc3ccc(C(N)=O)cc3)n2)n[nH]1. The molecular formula is C21H28N8O4S2. The molecule has 1 saturated heterocycles. The van der Waals surface area contributed by atoms with Crippen molar-refractivity contribution in [3.05, 3.63) is 47.7 Å². The molecule has 14 heteroatoms. The Labute approximate surface area is 208 Å². The van der Waals surface area contributed by atoms with Gasteiger partial charge in [-0.05, 0) is 50.0 Å². The zero-order chi connectivity index (χ0) is 25.6. The van der Waals surface area contributed by atoms with Crippen LogP contribution in [0.25, 0.3) is 0 Å². The second-order valence-corrected chi connectivity index (χ2v) is 10.5. The Hall–Kier alpha value is -3.20. The fourth-order valence-corrected chi connectivity index (χ4v) is 3.89. The number of piperazine rings is 1. The van der Waals surface area contributed by atoms with E-state index in [1.165, 1.54) is 11.8 Å². The van der Waals surface area contributed by atoms with Crippen molar-refractivity contribution in [2.24, 2.45) is 5.73 Å². The molecule has 2 aromatic heterocycles. The Kier molecular flexibility index (Phi) is 8.67.